The van der Waals surface area contributed by atoms with Crippen molar-refractivity contribution in [1.29, 1.82) is 0 Å². The second-order valence-corrected chi connectivity index (χ2v) is 9.59. The summed E-state index contributed by atoms with van der Waals surface area (Å²) >= 11 is 1.59. The number of hydrogen-bond donors (Lipinski definition) is 0. The topological polar surface area (TPSA) is 55.2 Å². The summed E-state index contributed by atoms with van der Waals surface area (Å²) in [7, 11) is 0. The van der Waals surface area contributed by atoms with Crippen molar-refractivity contribution in [3.05, 3.63) is 57.3 Å². The fourth-order valence-electron chi connectivity index (χ4n) is 5.01. The van der Waals surface area contributed by atoms with Crippen LogP contribution in [0.4, 0.5) is 4.39 Å². The first-order chi connectivity index (χ1) is 14.6. The van der Waals surface area contributed by atoms with Gasteiger partial charge in [0, 0.05) is 36.7 Å². The normalized spacial score (nSPS) is 23.2. The number of nitrogens with zero attached hydrogens (tertiary/aromatic N) is 3. The van der Waals surface area contributed by atoms with Gasteiger partial charge in [0.1, 0.15) is 5.82 Å². The van der Waals surface area contributed by atoms with Gasteiger partial charge in [0.05, 0.1) is 11.7 Å². The number of hydrogen-bond acceptors (Lipinski definition) is 4. The van der Waals surface area contributed by atoms with Crippen molar-refractivity contribution in [2.24, 2.45) is 0 Å². The Morgan fingerprint density at radius 1 is 1.17 bits per heavy atom. The first-order valence-corrected chi connectivity index (χ1v) is 11.9. The van der Waals surface area contributed by atoms with Crippen LogP contribution < -0.4 is 5.56 Å². The van der Waals surface area contributed by atoms with Crippen molar-refractivity contribution in [2.45, 2.75) is 62.1 Å². The maximum Gasteiger partial charge on any atom is 0.257 e. The zero-order chi connectivity index (χ0) is 20.7. The predicted octanol–water partition coefficient (Wildman–Crippen LogP) is 3.70. The molecule has 158 valence electrons. The summed E-state index contributed by atoms with van der Waals surface area (Å²) in [4.78, 5) is 32.9. The third-order valence-electron chi connectivity index (χ3n) is 6.65. The molecule has 2 atom stereocenters. The van der Waals surface area contributed by atoms with Crippen LogP contribution in [0, 0.1) is 5.82 Å². The highest BCUT2D eigenvalue weighted by atomic mass is 32.2. The number of thioether (sulfide) groups is 1. The van der Waals surface area contributed by atoms with Gasteiger partial charge in [-0.2, -0.15) is 0 Å². The lowest BCUT2D eigenvalue weighted by atomic mass is 9.94. The number of fused-ring (bicyclic) bond motifs is 2. The van der Waals surface area contributed by atoms with Crippen LogP contribution in [0.3, 0.4) is 0 Å². The van der Waals surface area contributed by atoms with E-state index in [2.05, 4.69) is 0 Å². The Balaban J connectivity index is 1.32. The monoisotopic (exact) mass is 427 g/mol. The minimum Gasteiger partial charge on any atom is -0.342 e. The van der Waals surface area contributed by atoms with E-state index in [9.17, 15) is 14.0 Å². The summed E-state index contributed by atoms with van der Waals surface area (Å²) in [6, 6.07) is 6.55. The molecule has 1 saturated heterocycles. The maximum absolute atomic E-state index is 13.3. The number of aryl methyl sites for hydroxylation is 1. The van der Waals surface area contributed by atoms with E-state index >= 15 is 0 Å². The molecule has 1 aliphatic carbocycles. The lowest BCUT2D eigenvalue weighted by molar-refractivity contribution is -0.132. The van der Waals surface area contributed by atoms with Crippen LogP contribution in [0.25, 0.3) is 0 Å². The molecule has 30 heavy (non-hydrogen) atoms. The molecule has 0 unspecified atom stereocenters. The highest BCUT2D eigenvalue weighted by Gasteiger charge is 2.33. The van der Waals surface area contributed by atoms with Gasteiger partial charge in [0.2, 0.25) is 5.91 Å². The second kappa shape index (κ2) is 8.17. The number of halogens is 1. The first-order valence-electron chi connectivity index (χ1n) is 10.9. The molecule has 1 amide bonds. The van der Waals surface area contributed by atoms with E-state index in [1.54, 1.807) is 16.3 Å². The van der Waals surface area contributed by atoms with Gasteiger partial charge in [-0.3, -0.25) is 14.2 Å². The Morgan fingerprint density at radius 2 is 2.00 bits per heavy atom. The largest absolute Gasteiger partial charge is 0.342 e. The van der Waals surface area contributed by atoms with Crippen molar-refractivity contribution in [2.75, 3.05) is 18.8 Å². The van der Waals surface area contributed by atoms with Crippen molar-refractivity contribution in [1.82, 2.24) is 14.5 Å². The molecule has 2 aromatic rings. The Kier molecular flexibility index (Phi) is 5.39. The number of likely N-dealkylation sites (tertiary alicyclic amines) is 1. The van der Waals surface area contributed by atoms with E-state index in [-0.39, 0.29) is 29.2 Å². The Morgan fingerprint density at radius 3 is 2.83 bits per heavy atom. The number of rotatable bonds is 3. The smallest absolute Gasteiger partial charge is 0.257 e. The minimum absolute atomic E-state index is 0.0651. The summed E-state index contributed by atoms with van der Waals surface area (Å²) in [5.74, 6) is 0.833. The van der Waals surface area contributed by atoms with Crippen LogP contribution in [0.1, 0.15) is 60.9 Å². The first kappa shape index (κ1) is 19.8. The molecule has 0 N–H and O–H groups in total. The van der Waals surface area contributed by atoms with Crippen LogP contribution >= 0.6 is 11.8 Å². The molecule has 0 saturated carbocycles. The zero-order valence-electron chi connectivity index (χ0n) is 17.0. The Labute approximate surface area is 179 Å². The lowest BCUT2D eigenvalue weighted by Crippen LogP contribution is -2.37. The summed E-state index contributed by atoms with van der Waals surface area (Å²) in [6.45, 7) is 1.41. The van der Waals surface area contributed by atoms with Crippen LogP contribution in [0.5, 0.6) is 0 Å². The molecule has 3 heterocycles. The van der Waals surface area contributed by atoms with Crippen LogP contribution in [0.2, 0.25) is 0 Å². The third kappa shape index (κ3) is 3.68. The van der Waals surface area contributed by atoms with Crippen molar-refractivity contribution in [3.63, 3.8) is 0 Å². The third-order valence-corrected chi connectivity index (χ3v) is 7.75. The quantitative estimate of drug-likeness (QED) is 0.701. The van der Waals surface area contributed by atoms with E-state index in [0.29, 0.717) is 13.0 Å². The minimum atomic E-state index is -0.233. The highest BCUT2D eigenvalue weighted by Crippen LogP contribution is 2.35. The number of benzene rings is 1. The van der Waals surface area contributed by atoms with Crippen molar-refractivity contribution < 1.29 is 9.18 Å². The van der Waals surface area contributed by atoms with Crippen LogP contribution in [-0.4, -0.2) is 39.2 Å². The van der Waals surface area contributed by atoms with Crippen LogP contribution in [0.15, 0.2) is 34.2 Å². The molecule has 1 aromatic heterocycles. The number of carbonyl (C=O) groups excluding carboxylic acids is 1. The molecule has 0 spiro atoms. The molecule has 3 aliphatic rings. The zero-order valence-corrected chi connectivity index (χ0v) is 17.8. The Bertz CT molecular complexity index is 1020. The van der Waals surface area contributed by atoms with Gasteiger partial charge < -0.3 is 4.90 Å². The molecule has 5 rings (SSSR count). The van der Waals surface area contributed by atoms with Gasteiger partial charge >= 0.3 is 0 Å². The number of aromatic nitrogens is 2. The van der Waals surface area contributed by atoms with Crippen molar-refractivity contribution in [3.8, 4) is 0 Å². The molecular weight excluding hydrogens is 401 g/mol. The van der Waals surface area contributed by atoms with E-state index < -0.39 is 0 Å². The predicted molar refractivity (Wildman–Crippen MR) is 114 cm³/mol. The molecule has 1 aromatic carbocycles. The van der Waals surface area contributed by atoms with Crippen LogP contribution in [-0.2, 0) is 17.6 Å². The fraction of sp³-hybridized carbons (Fsp3) is 0.522. The SMILES string of the molecule is O=C(C[C@@H]1CSc2nc3c(c(=O)n21)CCC3)N1CCCC[C@H](c2ccc(F)cc2)C1. The lowest BCUT2D eigenvalue weighted by Gasteiger charge is -2.26. The molecule has 7 heteroatoms. The molecular formula is C23H26FN3O2S. The van der Waals surface area contributed by atoms with E-state index in [1.807, 2.05) is 17.0 Å². The molecule has 1 fully saturated rings. The van der Waals surface area contributed by atoms with Gasteiger partial charge in [-0.05, 0) is 49.8 Å². The maximum atomic E-state index is 13.3. The van der Waals surface area contributed by atoms with E-state index in [0.717, 1.165) is 72.8 Å². The summed E-state index contributed by atoms with van der Waals surface area (Å²) in [6.07, 6.45) is 6.08. The molecule has 0 radical (unpaired) electrons. The fourth-order valence-corrected chi connectivity index (χ4v) is 6.16. The molecule has 0 bridgehead atoms. The number of carbonyl (C=O) groups is 1. The van der Waals surface area contributed by atoms with Crippen molar-refractivity contribution >= 4 is 17.7 Å². The number of amides is 1. The molecule has 2 aliphatic heterocycles. The van der Waals surface area contributed by atoms with Gasteiger partial charge in [-0.25, -0.2) is 9.37 Å². The summed E-state index contributed by atoms with van der Waals surface area (Å²) in [5.41, 5.74) is 2.97. The van der Waals surface area contributed by atoms with E-state index in [1.165, 1.54) is 12.1 Å². The average Bonchev–Trinajstić information content (AvgIpc) is 3.29. The average molecular weight is 428 g/mol. The second-order valence-electron chi connectivity index (χ2n) is 8.60. The summed E-state index contributed by atoms with van der Waals surface area (Å²) in [5, 5.41) is 0.776. The van der Waals surface area contributed by atoms with Gasteiger partial charge in [0.25, 0.3) is 5.56 Å². The standard InChI is InChI=1S/C23H26FN3O2S/c24-17-9-7-15(8-10-17)16-4-1-2-11-26(13-16)21(28)12-18-14-30-23-25-20-6-3-5-19(20)22(29)27(18)23/h7-10,16,18H,1-6,11-14H2/t16-,18+/m0/s1. The van der Waals surface area contributed by atoms with Gasteiger partial charge in [0.15, 0.2) is 5.16 Å². The Hall–Kier alpha value is -2.15. The highest BCUT2D eigenvalue weighted by molar-refractivity contribution is 7.99. The summed E-state index contributed by atoms with van der Waals surface area (Å²) < 4.78 is 15.1. The van der Waals surface area contributed by atoms with Gasteiger partial charge in [-0.15, -0.1) is 0 Å². The van der Waals surface area contributed by atoms with Gasteiger partial charge in [-0.1, -0.05) is 30.3 Å². The van der Waals surface area contributed by atoms with E-state index in [4.69, 9.17) is 4.98 Å². The molecule has 5 nitrogen and oxygen atoms in total.